The van der Waals surface area contributed by atoms with Gasteiger partial charge in [-0.05, 0) is 49.2 Å². The molecule has 1 saturated heterocycles. The third-order valence-electron chi connectivity index (χ3n) is 5.53. The number of carbonyl (C=O) groups is 1. The number of nitrogens with zero attached hydrogens (tertiary/aromatic N) is 2. The monoisotopic (exact) mass is 461 g/mol. The van der Waals surface area contributed by atoms with Gasteiger partial charge >= 0.3 is 6.09 Å². The van der Waals surface area contributed by atoms with Crippen LogP contribution < -0.4 is 10.1 Å². The summed E-state index contributed by atoms with van der Waals surface area (Å²) >= 11 is 0. The van der Waals surface area contributed by atoms with E-state index in [1.165, 1.54) is 0 Å². The first-order chi connectivity index (χ1) is 16.4. The van der Waals surface area contributed by atoms with Crippen LogP contribution >= 0.6 is 0 Å². The zero-order valence-electron chi connectivity index (χ0n) is 19.1. The number of hydrogen-bond donors (Lipinski definition) is 3. The zero-order valence-corrected chi connectivity index (χ0v) is 19.1. The van der Waals surface area contributed by atoms with E-state index in [0.29, 0.717) is 18.1 Å². The van der Waals surface area contributed by atoms with E-state index in [-0.39, 0.29) is 13.2 Å². The summed E-state index contributed by atoms with van der Waals surface area (Å²) in [6.45, 7) is 3.96. The summed E-state index contributed by atoms with van der Waals surface area (Å²) < 4.78 is 12.7. The number of nitrogens with one attached hydrogen (secondary N) is 1. The summed E-state index contributed by atoms with van der Waals surface area (Å²) in [7, 11) is 0. The SMILES string of the molecule is C[C@H](O)c1nccn1[C@@H](C#Cc1ccc(-c2ccc(OC[C@@]3(C)CNC(=O)O3)cc2)cc1)CO. The maximum Gasteiger partial charge on any atom is 0.408 e. The molecule has 3 aromatic rings. The number of amides is 1. The molecular weight excluding hydrogens is 434 g/mol. The Balaban J connectivity index is 1.40. The van der Waals surface area contributed by atoms with Crippen LogP contribution in [0, 0.1) is 11.8 Å². The number of cyclic esters (lactones) is 1. The fourth-order valence-corrected chi connectivity index (χ4v) is 3.64. The van der Waals surface area contributed by atoms with E-state index in [1.54, 1.807) is 23.9 Å². The van der Waals surface area contributed by atoms with Crippen molar-refractivity contribution in [1.29, 1.82) is 0 Å². The molecule has 1 aliphatic rings. The minimum absolute atomic E-state index is 0.187. The molecule has 176 valence electrons. The lowest BCUT2D eigenvalue weighted by molar-refractivity contribution is 0.0308. The van der Waals surface area contributed by atoms with E-state index in [9.17, 15) is 15.0 Å². The van der Waals surface area contributed by atoms with Crippen LogP contribution in [0.15, 0.2) is 60.9 Å². The van der Waals surface area contributed by atoms with Crippen LogP contribution in [0.4, 0.5) is 4.79 Å². The molecule has 2 aromatic carbocycles. The second-order valence-corrected chi connectivity index (χ2v) is 8.42. The van der Waals surface area contributed by atoms with E-state index >= 15 is 0 Å². The lowest BCUT2D eigenvalue weighted by atomic mass is 10.0. The number of alkyl carbamates (subject to hydrolysis) is 1. The molecule has 0 unspecified atom stereocenters. The number of aliphatic hydroxyl groups is 2. The highest BCUT2D eigenvalue weighted by Crippen LogP contribution is 2.24. The lowest BCUT2D eigenvalue weighted by Crippen LogP contribution is -2.36. The Kier molecular flexibility index (Phi) is 6.87. The van der Waals surface area contributed by atoms with E-state index in [4.69, 9.17) is 9.47 Å². The zero-order chi connectivity index (χ0) is 24.1. The standard InChI is InChI=1S/C26H27N3O5/c1-18(31)24-27-13-14-29(24)22(15-30)10-5-19-3-6-20(7-4-19)21-8-11-23(12-9-21)33-17-26(2)16-28-25(32)34-26/h3-4,6-9,11-14,18,22,30-31H,15-17H2,1-2H3,(H,28,32)/t18-,22-,26+/m0/s1. The smallest absolute Gasteiger partial charge is 0.408 e. The number of aliphatic hydroxyl groups excluding tert-OH is 2. The third kappa shape index (κ3) is 5.39. The van der Waals surface area contributed by atoms with Gasteiger partial charge in [-0.25, -0.2) is 9.78 Å². The fourth-order valence-electron chi connectivity index (χ4n) is 3.64. The van der Waals surface area contributed by atoms with Gasteiger partial charge in [0.15, 0.2) is 5.60 Å². The quantitative estimate of drug-likeness (QED) is 0.467. The maximum atomic E-state index is 11.3. The van der Waals surface area contributed by atoms with Crippen molar-refractivity contribution >= 4 is 6.09 Å². The van der Waals surface area contributed by atoms with Gasteiger partial charge in [0.2, 0.25) is 0 Å². The molecule has 4 rings (SSSR count). The van der Waals surface area contributed by atoms with Crippen molar-refractivity contribution < 1.29 is 24.5 Å². The van der Waals surface area contributed by atoms with Crippen LogP contribution in [0.1, 0.15) is 37.4 Å². The number of imidazole rings is 1. The molecule has 0 saturated carbocycles. The van der Waals surface area contributed by atoms with Crippen LogP contribution in [0.3, 0.4) is 0 Å². The Hall–Kier alpha value is -3.80. The molecule has 8 heteroatoms. The number of aromatic nitrogens is 2. The van der Waals surface area contributed by atoms with Gasteiger partial charge in [0.1, 0.15) is 30.3 Å². The third-order valence-corrected chi connectivity index (χ3v) is 5.53. The Morgan fingerprint density at radius 2 is 1.88 bits per heavy atom. The summed E-state index contributed by atoms with van der Waals surface area (Å²) in [6.07, 6.45) is 2.11. The summed E-state index contributed by atoms with van der Waals surface area (Å²) in [5, 5.41) is 22.2. The molecule has 8 nitrogen and oxygen atoms in total. The van der Waals surface area contributed by atoms with E-state index in [0.717, 1.165) is 16.7 Å². The summed E-state index contributed by atoms with van der Waals surface area (Å²) in [5.41, 5.74) is 2.20. The van der Waals surface area contributed by atoms with Crippen molar-refractivity contribution in [1.82, 2.24) is 14.9 Å². The molecule has 1 fully saturated rings. The number of rotatable bonds is 7. The van der Waals surface area contributed by atoms with Gasteiger partial charge < -0.3 is 29.6 Å². The topological polar surface area (TPSA) is 106 Å². The minimum atomic E-state index is -0.748. The first-order valence-corrected chi connectivity index (χ1v) is 11.0. The van der Waals surface area contributed by atoms with Gasteiger partial charge in [-0.3, -0.25) is 0 Å². The Morgan fingerprint density at radius 3 is 2.47 bits per heavy atom. The number of hydrogen-bond acceptors (Lipinski definition) is 6. The highest BCUT2D eigenvalue weighted by molar-refractivity contribution is 5.70. The van der Waals surface area contributed by atoms with Crippen molar-refractivity contribution in [3.63, 3.8) is 0 Å². The Morgan fingerprint density at radius 1 is 1.21 bits per heavy atom. The molecule has 1 aliphatic heterocycles. The molecule has 34 heavy (non-hydrogen) atoms. The molecular formula is C26H27N3O5. The maximum absolute atomic E-state index is 11.3. The predicted molar refractivity (Wildman–Crippen MR) is 126 cm³/mol. The van der Waals surface area contributed by atoms with Gasteiger partial charge in [-0.2, -0.15) is 0 Å². The van der Waals surface area contributed by atoms with Gasteiger partial charge in [-0.15, -0.1) is 0 Å². The number of ether oxygens (including phenoxy) is 2. The molecule has 2 heterocycles. The molecule has 1 aromatic heterocycles. The van der Waals surface area contributed by atoms with Crippen molar-refractivity contribution in [2.75, 3.05) is 19.8 Å². The van der Waals surface area contributed by atoms with E-state index < -0.39 is 23.8 Å². The summed E-state index contributed by atoms with van der Waals surface area (Å²) in [6, 6.07) is 15.0. The first-order valence-electron chi connectivity index (χ1n) is 11.0. The van der Waals surface area contributed by atoms with Crippen LogP contribution in [-0.4, -0.2) is 51.2 Å². The number of carbonyl (C=O) groups excluding carboxylic acids is 1. The van der Waals surface area contributed by atoms with Crippen molar-refractivity contribution in [3.8, 4) is 28.7 Å². The fraction of sp³-hybridized carbons (Fsp3) is 0.308. The van der Waals surface area contributed by atoms with Gasteiger partial charge in [-0.1, -0.05) is 36.1 Å². The van der Waals surface area contributed by atoms with Gasteiger partial charge in [0.25, 0.3) is 0 Å². The summed E-state index contributed by atoms with van der Waals surface area (Å²) in [4.78, 5) is 15.4. The van der Waals surface area contributed by atoms with Crippen LogP contribution in [-0.2, 0) is 4.74 Å². The van der Waals surface area contributed by atoms with Crippen LogP contribution in [0.25, 0.3) is 11.1 Å². The molecule has 0 aliphatic carbocycles. The second kappa shape index (κ2) is 10.00. The van der Waals surface area contributed by atoms with Crippen LogP contribution in [0.2, 0.25) is 0 Å². The normalized spacial score (nSPS) is 18.9. The predicted octanol–water partition coefficient (Wildman–Crippen LogP) is 3.07. The molecule has 3 N–H and O–H groups in total. The minimum Gasteiger partial charge on any atom is -0.489 e. The Bertz CT molecular complexity index is 1190. The highest BCUT2D eigenvalue weighted by atomic mass is 16.6. The average Bonchev–Trinajstić information content (AvgIpc) is 3.46. The molecule has 1 amide bonds. The van der Waals surface area contributed by atoms with Crippen molar-refractivity contribution in [2.45, 2.75) is 31.6 Å². The first kappa shape index (κ1) is 23.4. The molecule has 3 atom stereocenters. The van der Waals surface area contributed by atoms with Crippen molar-refractivity contribution in [2.24, 2.45) is 0 Å². The highest BCUT2D eigenvalue weighted by Gasteiger charge is 2.36. The molecule has 0 bridgehead atoms. The van der Waals surface area contributed by atoms with Crippen molar-refractivity contribution in [3.05, 3.63) is 72.3 Å². The Labute approximate surface area is 198 Å². The largest absolute Gasteiger partial charge is 0.489 e. The van der Waals surface area contributed by atoms with E-state index in [2.05, 4.69) is 22.1 Å². The summed E-state index contributed by atoms with van der Waals surface area (Å²) in [5.74, 6) is 7.30. The van der Waals surface area contributed by atoms with Gasteiger partial charge in [0.05, 0.1) is 13.2 Å². The lowest BCUT2D eigenvalue weighted by Gasteiger charge is -2.21. The number of benzene rings is 2. The second-order valence-electron chi connectivity index (χ2n) is 8.42. The molecule has 0 radical (unpaired) electrons. The molecule has 0 spiro atoms. The van der Waals surface area contributed by atoms with Gasteiger partial charge in [0, 0.05) is 18.0 Å². The van der Waals surface area contributed by atoms with Crippen LogP contribution in [0.5, 0.6) is 5.75 Å². The van der Waals surface area contributed by atoms with E-state index in [1.807, 2.05) is 55.5 Å². The average molecular weight is 462 g/mol.